The molecule has 2 aliphatic heterocycles. The Balaban J connectivity index is 1.98. The molecular formula is C16H19NO4. The SMILES string of the molecule is CC(C)(C)OC(=O)N1CCCC12OC(=O)c1ccccc12. The first kappa shape index (κ1) is 13.9. The van der Waals surface area contributed by atoms with Crippen molar-refractivity contribution in [1.29, 1.82) is 0 Å². The third kappa shape index (κ3) is 2.17. The normalized spacial score (nSPS) is 24.1. The van der Waals surface area contributed by atoms with E-state index in [1.54, 1.807) is 17.0 Å². The minimum absolute atomic E-state index is 0.374. The minimum Gasteiger partial charge on any atom is -0.444 e. The second kappa shape index (κ2) is 4.48. The van der Waals surface area contributed by atoms with E-state index in [0.29, 0.717) is 18.5 Å². The second-order valence-electron chi connectivity index (χ2n) is 6.46. The number of carbonyl (C=O) groups is 2. The van der Waals surface area contributed by atoms with Crippen LogP contribution in [0.4, 0.5) is 4.79 Å². The molecule has 1 aromatic rings. The molecule has 1 spiro atoms. The van der Waals surface area contributed by atoms with Crippen LogP contribution in [0, 0.1) is 0 Å². The van der Waals surface area contributed by atoms with Crippen molar-refractivity contribution in [3.63, 3.8) is 0 Å². The zero-order valence-corrected chi connectivity index (χ0v) is 12.5. The van der Waals surface area contributed by atoms with E-state index >= 15 is 0 Å². The number of hydrogen-bond donors (Lipinski definition) is 0. The first-order chi connectivity index (χ1) is 9.83. The number of hydrogen-bond acceptors (Lipinski definition) is 4. The number of nitrogens with zero attached hydrogens (tertiary/aromatic N) is 1. The summed E-state index contributed by atoms with van der Waals surface area (Å²) in [4.78, 5) is 26.1. The topological polar surface area (TPSA) is 55.8 Å². The molecule has 2 aliphatic rings. The maximum absolute atomic E-state index is 12.5. The fourth-order valence-corrected chi connectivity index (χ4v) is 3.00. The van der Waals surface area contributed by atoms with Gasteiger partial charge in [-0.15, -0.1) is 0 Å². The van der Waals surface area contributed by atoms with Gasteiger partial charge in [-0.2, -0.15) is 0 Å². The van der Waals surface area contributed by atoms with Gasteiger partial charge >= 0.3 is 12.1 Å². The lowest BCUT2D eigenvalue weighted by molar-refractivity contribution is -0.0916. The molecule has 1 aromatic carbocycles. The summed E-state index contributed by atoms with van der Waals surface area (Å²) >= 11 is 0. The van der Waals surface area contributed by atoms with Gasteiger partial charge in [0.25, 0.3) is 0 Å². The number of rotatable bonds is 0. The summed E-state index contributed by atoms with van der Waals surface area (Å²) < 4.78 is 11.1. The summed E-state index contributed by atoms with van der Waals surface area (Å²) in [5, 5.41) is 0. The zero-order chi connectivity index (χ0) is 15.3. The first-order valence-corrected chi connectivity index (χ1v) is 7.17. The Morgan fingerprint density at radius 3 is 2.76 bits per heavy atom. The van der Waals surface area contributed by atoms with Gasteiger partial charge in [-0.3, -0.25) is 4.90 Å². The van der Waals surface area contributed by atoms with Crippen LogP contribution in [0.25, 0.3) is 0 Å². The molecule has 1 amide bonds. The zero-order valence-electron chi connectivity index (χ0n) is 12.5. The van der Waals surface area contributed by atoms with Gasteiger partial charge in [-0.25, -0.2) is 9.59 Å². The average Bonchev–Trinajstić information content (AvgIpc) is 2.92. The van der Waals surface area contributed by atoms with Crippen molar-refractivity contribution >= 4 is 12.1 Å². The number of esters is 1. The quantitative estimate of drug-likeness (QED) is 0.689. The molecule has 2 heterocycles. The molecule has 1 unspecified atom stereocenters. The number of carbonyl (C=O) groups excluding carboxylic acids is 2. The van der Waals surface area contributed by atoms with Gasteiger partial charge in [0.2, 0.25) is 5.72 Å². The van der Waals surface area contributed by atoms with E-state index in [1.165, 1.54) is 0 Å². The summed E-state index contributed by atoms with van der Waals surface area (Å²) in [6.07, 6.45) is 0.945. The van der Waals surface area contributed by atoms with Crippen molar-refractivity contribution in [1.82, 2.24) is 4.90 Å². The summed E-state index contributed by atoms with van der Waals surface area (Å²) in [6, 6.07) is 7.24. The van der Waals surface area contributed by atoms with Crippen molar-refractivity contribution in [2.75, 3.05) is 6.54 Å². The van der Waals surface area contributed by atoms with Crippen LogP contribution in [0.1, 0.15) is 49.5 Å². The highest BCUT2D eigenvalue weighted by Gasteiger charge is 2.55. The third-order valence-corrected chi connectivity index (χ3v) is 3.78. The van der Waals surface area contributed by atoms with Crippen LogP contribution >= 0.6 is 0 Å². The highest BCUT2D eigenvalue weighted by atomic mass is 16.6. The molecule has 3 rings (SSSR count). The van der Waals surface area contributed by atoms with Gasteiger partial charge in [-0.1, -0.05) is 18.2 Å². The Labute approximate surface area is 123 Å². The molecule has 0 aliphatic carbocycles. The van der Waals surface area contributed by atoms with E-state index in [4.69, 9.17) is 9.47 Å². The second-order valence-corrected chi connectivity index (χ2v) is 6.46. The van der Waals surface area contributed by atoms with Gasteiger partial charge < -0.3 is 9.47 Å². The fraction of sp³-hybridized carbons (Fsp3) is 0.500. The highest BCUT2D eigenvalue weighted by Crippen LogP contribution is 2.46. The van der Waals surface area contributed by atoms with Crippen LogP contribution < -0.4 is 0 Å². The molecule has 112 valence electrons. The number of likely N-dealkylation sites (tertiary alicyclic amines) is 1. The maximum Gasteiger partial charge on any atom is 0.413 e. The molecule has 5 heteroatoms. The Bertz CT molecular complexity index is 605. The standard InChI is InChI=1S/C16H19NO4/c1-15(2,3)21-14(19)17-10-6-9-16(17)12-8-5-4-7-11(12)13(18)20-16/h4-5,7-8H,6,9-10H2,1-3H3. The largest absolute Gasteiger partial charge is 0.444 e. The van der Waals surface area contributed by atoms with Gasteiger partial charge in [0.15, 0.2) is 0 Å². The number of fused-ring (bicyclic) bond motifs is 2. The Kier molecular flexibility index (Phi) is 2.97. The van der Waals surface area contributed by atoms with E-state index in [1.807, 2.05) is 32.9 Å². The maximum atomic E-state index is 12.5. The molecule has 5 nitrogen and oxygen atoms in total. The Morgan fingerprint density at radius 2 is 2.05 bits per heavy atom. The lowest BCUT2D eigenvalue weighted by Gasteiger charge is -2.35. The number of amides is 1. The molecule has 0 aromatic heterocycles. The van der Waals surface area contributed by atoms with Crippen LogP contribution in [0.5, 0.6) is 0 Å². The molecule has 0 bridgehead atoms. The minimum atomic E-state index is -0.990. The van der Waals surface area contributed by atoms with Gasteiger partial charge in [0.05, 0.1) is 5.56 Å². The molecule has 0 N–H and O–H groups in total. The van der Waals surface area contributed by atoms with Crippen LogP contribution in [-0.2, 0) is 15.2 Å². The van der Waals surface area contributed by atoms with E-state index in [-0.39, 0.29) is 5.97 Å². The van der Waals surface area contributed by atoms with Crippen molar-refractivity contribution in [2.45, 2.75) is 44.9 Å². The lowest BCUT2D eigenvalue weighted by Crippen LogP contribution is -2.47. The van der Waals surface area contributed by atoms with E-state index in [9.17, 15) is 9.59 Å². The molecule has 21 heavy (non-hydrogen) atoms. The average molecular weight is 289 g/mol. The van der Waals surface area contributed by atoms with Gasteiger partial charge in [-0.05, 0) is 33.3 Å². The monoisotopic (exact) mass is 289 g/mol. The van der Waals surface area contributed by atoms with Crippen LogP contribution in [-0.4, -0.2) is 29.1 Å². The van der Waals surface area contributed by atoms with Crippen LogP contribution in [0.3, 0.4) is 0 Å². The predicted octanol–water partition coefficient (Wildman–Crippen LogP) is 3.04. The van der Waals surface area contributed by atoms with Crippen LogP contribution in [0.15, 0.2) is 24.3 Å². The van der Waals surface area contributed by atoms with E-state index in [0.717, 1.165) is 12.0 Å². The first-order valence-electron chi connectivity index (χ1n) is 7.17. The van der Waals surface area contributed by atoms with Crippen molar-refractivity contribution in [3.05, 3.63) is 35.4 Å². The lowest BCUT2D eigenvalue weighted by atomic mass is 9.98. The van der Waals surface area contributed by atoms with Gasteiger partial charge in [0, 0.05) is 18.5 Å². The summed E-state index contributed by atoms with van der Waals surface area (Å²) in [5.74, 6) is -0.374. The molecule has 1 fully saturated rings. The summed E-state index contributed by atoms with van der Waals surface area (Å²) in [5.41, 5.74) is -0.273. The Hall–Kier alpha value is -2.04. The highest BCUT2D eigenvalue weighted by molar-refractivity contribution is 5.95. The van der Waals surface area contributed by atoms with Crippen molar-refractivity contribution < 1.29 is 19.1 Å². The van der Waals surface area contributed by atoms with E-state index < -0.39 is 17.4 Å². The predicted molar refractivity (Wildman–Crippen MR) is 75.7 cm³/mol. The molecule has 0 radical (unpaired) electrons. The molecule has 1 atom stereocenters. The smallest absolute Gasteiger partial charge is 0.413 e. The van der Waals surface area contributed by atoms with Crippen molar-refractivity contribution in [2.24, 2.45) is 0 Å². The number of ether oxygens (including phenoxy) is 2. The summed E-state index contributed by atoms with van der Waals surface area (Å²) in [6.45, 7) is 5.99. The molecule has 0 saturated carbocycles. The Morgan fingerprint density at radius 1 is 1.33 bits per heavy atom. The molecular weight excluding hydrogens is 270 g/mol. The molecule has 1 saturated heterocycles. The van der Waals surface area contributed by atoms with Crippen molar-refractivity contribution in [3.8, 4) is 0 Å². The fourth-order valence-electron chi connectivity index (χ4n) is 3.00. The van der Waals surface area contributed by atoms with Gasteiger partial charge in [0.1, 0.15) is 5.60 Å². The van der Waals surface area contributed by atoms with E-state index in [2.05, 4.69) is 0 Å². The van der Waals surface area contributed by atoms with Crippen LogP contribution in [0.2, 0.25) is 0 Å². The third-order valence-electron chi connectivity index (χ3n) is 3.78. The number of benzene rings is 1. The summed E-state index contributed by atoms with van der Waals surface area (Å²) in [7, 11) is 0.